The van der Waals surface area contributed by atoms with Crippen LogP contribution in [0.4, 0.5) is 8.78 Å². The van der Waals surface area contributed by atoms with Crippen LogP contribution in [0, 0.1) is 0 Å². The molecule has 2 saturated heterocycles. The molecule has 0 aromatic carbocycles. The van der Waals surface area contributed by atoms with Crippen molar-refractivity contribution in [1.29, 1.82) is 0 Å². The van der Waals surface area contributed by atoms with Crippen molar-refractivity contribution in [2.45, 2.75) is 63.6 Å². The summed E-state index contributed by atoms with van der Waals surface area (Å²) in [6.07, 6.45) is 1.12. The molecule has 1 saturated carbocycles. The number of rotatable bonds is 0. The van der Waals surface area contributed by atoms with E-state index in [1.165, 1.54) is 0 Å². The zero-order valence-corrected chi connectivity index (χ0v) is 8.48. The van der Waals surface area contributed by atoms with Gasteiger partial charge in [-0.2, -0.15) is 0 Å². The quantitative estimate of drug-likeness (QED) is 0.566. The number of halogens is 2. The van der Waals surface area contributed by atoms with E-state index >= 15 is 0 Å². The lowest BCUT2D eigenvalue weighted by Crippen LogP contribution is -2.69. The molecule has 3 aliphatic rings. The summed E-state index contributed by atoms with van der Waals surface area (Å²) in [7, 11) is 0. The van der Waals surface area contributed by atoms with E-state index in [9.17, 15) is 8.78 Å². The van der Waals surface area contributed by atoms with Crippen LogP contribution in [0.5, 0.6) is 0 Å². The summed E-state index contributed by atoms with van der Waals surface area (Å²) in [5, 5.41) is 0. The molecule has 2 bridgehead atoms. The molecule has 3 fully saturated rings. The van der Waals surface area contributed by atoms with Gasteiger partial charge in [0.25, 0.3) is 5.92 Å². The molecule has 3 rings (SSSR count). The summed E-state index contributed by atoms with van der Waals surface area (Å²) in [5.74, 6) is -2.39. The molecular formula is C10H17F2N. The van der Waals surface area contributed by atoms with Crippen LogP contribution in [-0.4, -0.2) is 28.4 Å². The number of hydrogen-bond donors (Lipinski definition) is 0. The summed E-state index contributed by atoms with van der Waals surface area (Å²) in [6, 6.07) is 0.266. The molecule has 0 spiro atoms. The third-order valence-corrected chi connectivity index (χ3v) is 3.17. The molecule has 13 heavy (non-hydrogen) atoms. The first kappa shape index (κ1) is 9.38. The zero-order valence-electron chi connectivity index (χ0n) is 8.48. The van der Waals surface area contributed by atoms with Crippen molar-refractivity contribution < 1.29 is 8.78 Å². The highest BCUT2D eigenvalue weighted by molar-refractivity contribution is 5.06. The summed E-state index contributed by atoms with van der Waals surface area (Å²) < 4.78 is 26.0. The van der Waals surface area contributed by atoms with Crippen molar-refractivity contribution in [2.24, 2.45) is 0 Å². The van der Waals surface area contributed by atoms with Gasteiger partial charge in [0.2, 0.25) is 0 Å². The number of hydrogen-bond acceptors (Lipinski definition) is 1. The number of nitrogens with zero attached hydrogens (tertiary/aromatic N) is 1. The highest BCUT2D eigenvalue weighted by Gasteiger charge is 2.55. The first-order chi connectivity index (χ1) is 5.80. The second-order valence-corrected chi connectivity index (χ2v) is 5.39. The molecule has 1 aliphatic carbocycles. The first-order valence-electron chi connectivity index (χ1n) is 4.96. The Labute approximate surface area is 78.1 Å². The molecule has 2 atom stereocenters. The molecule has 0 N–H and O–H groups in total. The Bertz CT molecular complexity index is 205. The van der Waals surface area contributed by atoms with Crippen LogP contribution in [-0.2, 0) is 0 Å². The average molecular weight is 189 g/mol. The third kappa shape index (κ3) is 1.47. The van der Waals surface area contributed by atoms with Crippen molar-refractivity contribution in [3.63, 3.8) is 0 Å². The number of fused-ring (bicyclic) bond motifs is 2. The van der Waals surface area contributed by atoms with Crippen molar-refractivity contribution >= 4 is 0 Å². The fourth-order valence-electron chi connectivity index (χ4n) is 2.93. The highest BCUT2D eigenvalue weighted by atomic mass is 19.3. The molecule has 2 unspecified atom stereocenters. The maximum Gasteiger partial charge on any atom is 0.251 e. The smallest absolute Gasteiger partial charge is 0.251 e. The van der Waals surface area contributed by atoms with Gasteiger partial charge < -0.3 is 0 Å². The van der Waals surface area contributed by atoms with Gasteiger partial charge in [0.05, 0.1) is 0 Å². The van der Waals surface area contributed by atoms with Crippen LogP contribution in [0.2, 0.25) is 0 Å². The lowest BCUT2D eigenvalue weighted by molar-refractivity contribution is -0.184. The van der Waals surface area contributed by atoms with Gasteiger partial charge >= 0.3 is 0 Å². The summed E-state index contributed by atoms with van der Waals surface area (Å²) in [5.41, 5.74) is 0.0596. The Kier molecular flexibility index (Phi) is 1.76. The van der Waals surface area contributed by atoms with Crippen molar-refractivity contribution in [1.82, 2.24) is 4.90 Å². The minimum atomic E-state index is -2.39. The van der Waals surface area contributed by atoms with Gasteiger partial charge in [-0.15, -0.1) is 0 Å². The molecule has 0 aromatic heterocycles. The Morgan fingerprint density at radius 3 is 2.00 bits per heavy atom. The molecule has 0 radical (unpaired) electrons. The SMILES string of the molecule is CC(C)(C)N1C2CC1CC(F)(F)C2. The second kappa shape index (κ2) is 2.44. The molecule has 0 aromatic rings. The summed E-state index contributed by atoms with van der Waals surface area (Å²) in [6.45, 7) is 6.32. The predicted molar refractivity (Wildman–Crippen MR) is 48.0 cm³/mol. The van der Waals surface area contributed by atoms with E-state index in [0.29, 0.717) is 0 Å². The molecule has 3 heteroatoms. The van der Waals surface area contributed by atoms with Crippen molar-refractivity contribution in [3.8, 4) is 0 Å². The molecule has 1 nitrogen and oxygen atoms in total. The fourth-order valence-corrected chi connectivity index (χ4v) is 2.93. The van der Waals surface area contributed by atoms with Gasteiger partial charge in [-0.1, -0.05) is 0 Å². The largest absolute Gasteiger partial charge is 0.292 e. The minimum Gasteiger partial charge on any atom is -0.292 e. The lowest BCUT2D eigenvalue weighted by atomic mass is 9.74. The number of alkyl halides is 2. The Morgan fingerprint density at radius 1 is 1.15 bits per heavy atom. The first-order valence-corrected chi connectivity index (χ1v) is 4.96. The second-order valence-electron chi connectivity index (χ2n) is 5.39. The van der Waals surface area contributed by atoms with Gasteiger partial charge in [-0.25, -0.2) is 8.78 Å². The van der Waals surface area contributed by atoms with E-state index in [1.807, 2.05) is 0 Å². The van der Waals surface area contributed by atoms with Crippen LogP contribution in [0.25, 0.3) is 0 Å². The average Bonchev–Trinajstić information content (AvgIpc) is 1.78. The maximum atomic E-state index is 13.0. The minimum absolute atomic E-state index is 0.0596. The van der Waals surface area contributed by atoms with E-state index in [4.69, 9.17) is 0 Å². The van der Waals surface area contributed by atoms with Crippen LogP contribution >= 0.6 is 0 Å². The van der Waals surface area contributed by atoms with E-state index in [0.717, 1.165) is 6.42 Å². The topological polar surface area (TPSA) is 3.24 Å². The van der Waals surface area contributed by atoms with Crippen molar-refractivity contribution in [2.75, 3.05) is 0 Å². The Balaban J connectivity index is 2.08. The lowest BCUT2D eigenvalue weighted by Gasteiger charge is -2.60. The zero-order chi connectivity index (χ0) is 9.85. The summed E-state index contributed by atoms with van der Waals surface area (Å²) >= 11 is 0. The molecular weight excluding hydrogens is 172 g/mol. The Morgan fingerprint density at radius 2 is 1.62 bits per heavy atom. The maximum absolute atomic E-state index is 13.0. The predicted octanol–water partition coefficient (Wildman–Crippen LogP) is 2.66. The van der Waals surface area contributed by atoms with Gasteiger partial charge in [-0.3, -0.25) is 4.90 Å². The Hall–Kier alpha value is -0.180. The van der Waals surface area contributed by atoms with Gasteiger partial charge in [0.15, 0.2) is 0 Å². The molecule has 76 valence electrons. The van der Waals surface area contributed by atoms with Gasteiger partial charge in [0, 0.05) is 30.5 Å². The highest BCUT2D eigenvalue weighted by Crippen LogP contribution is 2.48. The van der Waals surface area contributed by atoms with E-state index in [-0.39, 0.29) is 30.5 Å². The van der Waals surface area contributed by atoms with E-state index in [1.54, 1.807) is 0 Å². The van der Waals surface area contributed by atoms with Crippen LogP contribution in [0.1, 0.15) is 40.0 Å². The normalized spacial score (nSPS) is 38.5. The monoisotopic (exact) mass is 189 g/mol. The van der Waals surface area contributed by atoms with Crippen LogP contribution in [0.15, 0.2) is 0 Å². The van der Waals surface area contributed by atoms with E-state index in [2.05, 4.69) is 25.7 Å². The van der Waals surface area contributed by atoms with Gasteiger partial charge in [0.1, 0.15) is 0 Å². The summed E-state index contributed by atoms with van der Waals surface area (Å²) in [4.78, 5) is 2.25. The van der Waals surface area contributed by atoms with E-state index < -0.39 is 5.92 Å². The third-order valence-electron chi connectivity index (χ3n) is 3.17. The number of piperidine rings is 1. The fraction of sp³-hybridized carbons (Fsp3) is 1.00. The van der Waals surface area contributed by atoms with Crippen LogP contribution < -0.4 is 0 Å². The molecule has 0 amide bonds. The molecule has 2 aliphatic heterocycles. The van der Waals surface area contributed by atoms with Crippen LogP contribution in [0.3, 0.4) is 0 Å². The molecule has 2 heterocycles. The standard InChI is InChI=1S/C10H17F2N/c1-9(2,3)13-7-4-8(13)6-10(11,12)5-7/h7-8H,4-6H2,1-3H3. The van der Waals surface area contributed by atoms with Crippen molar-refractivity contribution in [3.05, 3.63) is 0 Å². The van der Waals surface area contributed by atoms with Gasteiger partial charge in [-0.05, 0) is 27.2 Å².